The molecule has 150 valence electrons. The van der Waals surface area contributed by atoms with E-state index in [1.807, 2.05) is 0 Å². The lowest BCUT2D eigenvalue weighted by Gasteiger charge is -2.21. The number of nitrogens with zero attached hydrogens (tertiary/aromatic N) is 4. The third-order valence-electron chi connectivity index (χ3n) is 5.60. The topological polar surface area (TPSA) is 76.7 Å². The van der Waals surface area contributed by atoms with E-state index in [2.05, 4.69) is 15.3 Å². The second kappa shape index (κ2) is 8.14. The molecule has 1 amide bonds. The smallest absolute Gasteiger partial charge is 0.263 e. The van der Waals surface area contributed by atoms with Gasteiger partial charge in [0.05, 0.1) is 11.9 Å². The summed E-state index contributed by atoms with van der Waals surface area (Å²) in [5, 5.41) is 6.77. The van der Waals surface area contributed by atoms with Crippen LogP contribution in [-0.2, 0) is 0 Å². The molecule has 0 aromatic carbocycles. The highest BCUT2D eigenvalue weighted by Crippen LogP contribution is 2.38. The quantitative estimate of drug-likeness (QED) is 0.500. The monoisotopic (exact) mass is 398 g/mol. The molecular weight excluding hydrogens is 378 g/mol. The first kappa shape index (κ1) is 19.3. The van der Waals surface area contributed by atoms with Crippen molar-refractivity contribution in [3.63, 3.8) is 0 Å². The third kappa shape index (κ3) is 3.66. The van der Waals surface area contributed by atoms with Crippen LogP contribution in [0.3, 0.4) is 0 Å². The van der Waals surface area contributed by atoms with E-state index >= 15 is 0 Å². The van der Waals surface area contributed by atoms with E-state index in [4.69, 9.17) is 0 Å². The van der Waals surface area contributed by atoms with Crippen LogP contribution >= 0.6 is 0 Å². The Morgan fingerprint density at radius 3 is 2.62 bits per heavy atom. The molecule has 0 atom stereocenters. The summed E-state index contributed by atoms with van der Waals surface area (Å²) in [4.78, 5) is 26.9. The number of carbonyl (C=O) groups excluding carboxylic acids is 1. The Bertz CT molecular complexity index is 1060. The van der Waals surface area contributed by atoms with Crippen LogP contribution in [0.1, 0.15) is 72.5 Å². The zero-order valence-corrected chi connectivity index (χ0v) is 15.8. The number of nitroso groups, excluding NO2 is 1. The number of allylic oxidation sites excluding steroid dienone is 6. The van der Waals surface area contributed by atoms with Gasteiger partial charge in [-0.2, -0.15) is 5.10 Å². The van der Waals surface area contributed by atoms with Gasteiger partial charge in [0, 0.05) is 34.5 Å². The minimum atomic E-state index is -0.945. The van der Waals surface area contributed by atoms with Gasteiger partial charge in [-0.15, -0.1) is 4.91 Å². The Morgan fingerprint density at radius 1 is 1.14 bits per heavy atom. The molecule has 0 spiro atoms. The molecule has 0 radical (unpaired) electrons. The fourth-order valence-corrected chi connectivity index (χ4v) is 4.21. The van der Waals surface area contributed by atoms with Crippen LogP contribution < -0.4 is 0 Å². The molecule has 4 rings (SSSR count). The van der Waals surface area contributed by atoms with Crippen LogP contribution in [0.5, 0.6) is 0 Å². The molecular formula is C21H20F2N4O2. The molecule has 0 aliphatic heterocycles. The van der Waals surface area contributed by atoms with Gasteiger partial charge in [-0.25, -0.2) is 18.3 Å². The number of halogens is 2. The molecule has 0 bridgehead atoms. The summed E-state index contributed by atoms with van der Waals surface area (Å²) >= 11 is 0. The van der Waals surface area contributed by atoms with Gasteiger partial charge in [0.25, 0.3) is 0 Å². The largest absolute Gasteiger partial charge is 0.322 e. The lowest BCUT2D eigenvalue weighted by molar-refractivity contribution is 0.100. The number of carbonyl (C=O) groups is 1. The number of rotatable bonds is 3. The van der Waals surface area contributed by atoms with Gasteiger partial charge in [0.2, 0.25) is 0 Å². The molecule has 0 saturated heterocycles. The van der Waals surface area contributed by atoms with Gasteiger partial charge in [0.1, 0.15) is 17.2 Å². The fourth-order valence-electron chi connectivity index (χ4n) is 4.21. The summed E-state index contributed by atoms with van der Waals surface area (Å²) in [5.41, 5.74) is 1.88. The Morgan fingerprint density at radius 2 is 1.90 bits per heavy atom. The van der Waals surface area contributed by atoms with Crippen molar-refractivity contribution < 1.29 is 13.6 Å². The summed E-state index contributed by atoms with van der Waals surface area (Å²) in [6.45, 7) is 0. The van der Waals surface area contributed by atoms with Gasteiger partial charge in [-0.05, 0) is 25.3 Å². The number of hydrogen-bond donors (Lipinski definition) is 0. The summed E-state index contributed by atoms with van der Waals surface area (Å²) < 4.78 is 30.0. The average molecular weight is 398 g/mol. The summed E-state index contributed by atoms with van der Waals surface area (Å²) in [5.74, 6) is -2.15. The van der Waals surface area contributed by atoms with Crippen molar-refractivity contribution in [2.45, 2.75) is 50.9 Å². The standard InChI is InChI=1S/C21H20F2N4O2/c22-14-8-5-9-15(18(23)10-14)16-11-24-20-17(21(28)26-29)12-25-27(20)19(16)13-6-3-1-2-4-7-13/h5,8,10-13H,1-4,6-7,9H2. The summed E-state index contributed by atoms with van der Waals surface area (Å²) in [6, 6.07) is 0. The maximum absolute atomic E-state index is 14.8. The molecule has 2 aromatic heterocycles. The number of hydrogen-bond acceptors (Lipinski definition) is 4. The first-order valence-electron chi connectivity index (χ1n) is 9.77. The zero-order chi connectivity index (χ0) is 20.4. The van der Waals surface area contributed by atoms with E-state index in [1.165, 1.54) is 23.0 Å². The highest BCUT2D eigenvalue weighted by atomic mass is 19.1. The SMILES string of the molecule is O=NC(=O)c1cnn2c(C3CCCCCC3)c(C3=C(F)C=C(F)C=CC3)cnc12. The molecule has 2 heterocycles. The van der Waals surface area contributed by atoms with Crippen LogP contribution in [0, 0.1) is 4.91 Å². The van der Waals surface area contributed by atoms with E-state index in [9.17, 15) is 18.5 Å². The van der Waals surface area contributed by atoms with Crippen molar-refractivity contribution in [1.82, 2.24) is 14.6 Å². The maximum Gasteiger partial charge on any atom is 0.322 e. The Balaban J connectivity index is 1.95. The first-order valence-corrected chi connectivity index (χ1v) is 9.77. The van der Waals surface area contributed by atoms with Crippen LogP contribution in [0.4, 0.5) is 8.78 Å². The van der Waals surface area contributed by atoms with E-state index < -0.39 is 17.6 Å². The first-order chi connectivity index (χ1) is 14.1. The average Bonchev–Trinajstić information content (AvgIpc) is 2.86. The molecule has 8 heteroatoms. The highest BCUT2D eigenvalue weighted by Gasteiger charge is 2.27. The Kier molecular flexibility index (Phi) is 5.42. The number of fused-ring (bicyclic) bond motifs is 1. The molecule has 2 aliphatic rings. The van der Waals surface area contributed by atoms with Crippen molar-refractivity contribution in [2.75, 3.05) is 0 Å². The highest BCUT2D eigenvalue weighted by molar-refractivity contribution is 6.00. The minimum Gasteiger partial charge on any atom is -0.263 e. The minimum absolute atomic E-state index is 0.0163. The molecule has 1 fully saturated rings. The van der Waals surface area contributed by atoms with Gasteiger partial charge in [-0.3, -0.25) is 4.79 Å². The maximum atomic E-state index is 14.8. The van der Waals surface area contributed by atoms with Gasteiger partial charge in [-0.1, -0.05) is 31.8 Å². The normalized spacial score (nSPS) is 18.5. The predicted molar refractivity (Wildman–Crippen MR) is 105 cm³/mol. The lowest BCUT2D eigenvalue weighted by atomic mass is 9.89. The van der Waals surface area contributed by atoms with Crippen molar-refractivity contribution in [3.05, 3.63) is 64.0 Å². The fraction of sp³-hybridized carbons (Fsp3) is 0.381. The summed E-state index contributed by atoms with van der Waals surface area (Å²) in [7, 11) is 0. The molecule has 1 saturated carbocycles. The van der Waals surface area contributed by atoms with Crippen molar-refractivity contribution >= 4 is 17.1 Å². The van der Waals surface area contributed by atoms with E-state index in [1.54, 1.807) is 6.08 Å². The lowest BCUT2D eigenvalue weighted by Crippen LogP contribution is -2.12. The van der Waals surface area contributed by atoms with Crippen LogP contribution in [-0.4, -0.2) is 20.5 Å². The number of aromatic nitrogens is 3. The van der Waals surface area contributed by atoms with Crippen molar-refractivity contribution in [3.8, 4) is 0 Å². The summed E-state index contributed by atoms with van der Waals surface area (Å²) in [6.07, 6.45) is 12.8. The Hall–Kier alpha value is -3.03. The third-order valence-corrected chi connectivity index (χ3v) is 5.60. The number of amides is 1. The van der Waals surface area contributed by atoms with Crippen molar-refractivity contribution in [2.24, 2.45) is 5.18 Å². The van der Waals surface area contributed by atoms with E-state index in [0.29, 0.717) is 11.1 Å². The molecule has 2 aromatic rings. The molecule has 0 N–H and O–H groups in total. The molecule has 29 heavy (non-hydrogen) atoms. The second-order valence-corrected chi connectivity index (χ2v) is 7.40. The van der Waals surface area contributed by atoms with Crippen LogP contribution in [0.15, 0.2) is 47.5 Å². The second-order valence-electron chi connectivity index (χ2n) is 7.40. The van der Waals surface area contributed by atoms with E-state index in [0.717, 1.165) is 50.3 Å². The van der Waals surface area contributed by atoms with Crippen LogP contribution in [0.2, 0.25) is 0 Å². The van der Waals surface area contributed by atoms with E-state index in [-0.39, 0.29) is 23.5 Å². The molecule has 0 unspecified atom stereocenters. The van der Waals surface area contributed by atoms with Crippen LogP contribution in [0.25, 0.3) is 11.2 Å². The molecule has 2 aliphatic carbocycles. The predicted octanol–water partition coefficient (Wildman–Crippen LogP) is 5.57. The Labute approximate surface area is 166 Å². The zero-order valence-electron chi connectivity index (χ0n) is 15.8. The van der Waals surface area contributed by atoms with Gasteiger partial charge >= 0.3 is 5.91 Å². The van der Waals surface area contributed by atoms with Crippen molar-refractivity contribution in [1.29, 1.82) is 0 Å². The van der Waals surface area contributed by atoms with Gasteiger partial charge in [0.15, 0.2) is 5.65 Å². The molecule has 6 nitrogen and oxygen atoms in total. The van der Waals surface area contributed by atoms with Gasteiger partial charge < -0.3 is 0 Å².